The Morgan fingerprint density at radius 3 is 2.56 bits per heavy atom. The quantitative estimate of drug-likeness (QED) is 0.839. The number of ketones is 1. The van der Waals surface area contributed by atoms with Gasteiger partial charge in [0.25, 0.3) is 0 Å². The van der Waals surface area contributed by atoms with Gasteiger partial charge in [-0.2, -0.15) is 5.26 Å². The normalized spacial score (nSPS) is 19.0. The Balaban J connectivity index is 2.09. The summed E-state index contributed by atoms with van der Waals surface area (Å²) in [6.07, 6.45) is -1.44. The molecule has 7 heteroatoms. The molecule has 1 aliphatic heterocycles. The van der Waals surface area contributed by atoms with Gasteiger partial charge in [0.1, 0.15) is 23.4 Å². The number of nitriles is 1. The molecule has 2 unspecified atom stereocenters. The maximum Gasteiger partial charge on any atom is 0.410 e. The van der Waals surface area contributed by atoms with Gasteiger partial charge in [0.05, 0.1) is 19.2 Å². The lowest BCUT2D eigenvalue weighted by Gasteiger charge is -2.34. The fourth-order valence-electron chi connectivity index (χ4n) is 2.46. The molecule has 1 fully saturated rings. The van der Waals surface area contributed by atoms with E-state index < -0.39 is 35.3 Å². The van der Waals surface area contributed by atoms with Crippen molar-refractivity contribution in [3.8, 4) is 6.07 Å². The van der Waals surface area contributed by atoms with Gasteiger partial charge in [-0.3, -0.25) is 4.79 Å². The predicted molar refractivity (Wildman–Crippen MR) is 87.3 cm³/mol. The molecule has 6 nitrogen and oxygen atoms in total. The first-order valence-corrected chi connectivity index (χ1v) is 7.99. The van der Waals surface area contributed by atoms with Crippen molar-refractivity contribution < 1.29 is 23.5 Å². The molecule has 0 N–H and O–H groups in total. The van der Waals surface area contributed by atoms with E-state index in [4.69, 9.17) is 9.47 Å². The smallest absolute Gasteiger partial charge is 0.410 e. The van der Waals surface area contributed by atoms with E-state index in [1.807, 2.05) is 6.07 Å². The van der Waals surface area contributed by atoms with Crippen LogP contribution in [0.3, 0.4) is 0 Å². The van der Waals surface area contributed by atoms with Gasteiger partial charge in [0, 0.05) is 6.54 Å². The highest BCUT2D eigenvalue weighted by molar-refractivity contribution is 5.92. The van der Waals surface area contributed by atoms with Gasteiger partial charge in [0.15, 0.2) is 5.78 Å². The standard InChI is InChI=1S/C18H21FN2O4/c1-18(2,3)25-17(23)21-8-9-24-15(11-21)16(22)14(10-20)12-4-6-13(19)7-5-12/h4-7,14-15H,8-9,11H2,1-3H3. The van der Waals surface area contributed by atoms with Gasteiger partial charge in [-0.1, -0.05) is 12.1 Å². The molecule has 0 radical (unpaired) electrons. The molecule has 1 amide bonds. The molecule has 1 aromatic carbocycles. The summed E-state index contributed by atoms with van der Waals surface area (Å²) in [6, 6.07) is 7.12. The average Bonchev–Trinajstić information content (AvgIpc) is 2.55. The molecule has 0 bridgehead atoms. The third-order valence-electron chi connectivity index (χ3n) is 3.65. The van der Waals surface area contributed by atoms with Crippen molar-refractivity contribution in [2.75, 3.05) is 19.7 Å². The molecule has 134 valence electrons. The topological polar surface area (TPSA) is 79.6 Å². The highest BCUT2D eigenvalue weighted by Gasteiger charge is 2.35. The van der Waals surface area contributed by atoms with Gasteiger partial charge >= 0.3 is 6.09 Å². The van der Waals surface area contributed by atoms with Crippen molar-refractivity contribution in [1.82, 2.24) is 4.90 Å². The first-order chi connectivity index (χ1) is 11.7. The van der Waals surface area contributed by atoms with Crippen LogP contribution < -0.4 is 0 Å². The van der Waals surface area contributed by atoms with Crippen LogP contribution in [0.1, 0.15) is 32.3 Å². The molecule has 1 aliphatic rings. The van der Waals surface area contributed by atoms with Crippen molar-refractivity contribution >= 4 is 11.9 Å². The van der Waals surface area contributed by atoms with Crippen molar-refractivity contribution in [2.24, 2.45) is 0 Å². The molecule has 1 saturated heterocycles. The van der Waals surface area contributed by atoms with E-state index in [1.54, 1.807) is 20.8 Å². The van der Waals surface area contributed by atoms with Crippen LogP contribution in [-0.2, 0) is 14.3 Å². The van der Waals surface area contributed by atoms with Crippen LogP contribution in [0.5, 0.6) is 0 Å². The summed E-state index contributed by atoms with van der Waals surface area (Å²) in [6.45, 7) is 5.79. The Bertz CT molecular complexity index is 676. The Kier molecular flexibility index (Phi) is 5.75. The second kappa shape index (κ2) is 7.62. The van der Waals surface area contributed by atoms with E-state index in [0.29, 0.717) is 12.1 Å². The van der Waals surface area contributed by atoms with E-state index in [2.05, 4.69) is 0 Å². The summed E-state index contributed by atoms with van der Waals surface area (Å²) in [5, 5.41) is 9.35. The molecule has 1 heterocycles. The van der Waals surface area contributed by atoms with Gasteiger partial charge in [-0.25, -0.2) is 9.18 Å². The summed E-state index contributed by atoms with van der Waals surface area (Å²) in [5.41, 5.74) is -0.245. The minimum atomic E-state index is -1.08. The van der Waals surface area contributed by atoms with Gasteiger partial charge < -0.3 is 14.4 Å². The number of hydrogen-bond donors (Lipinski definition) is 0. The van der Waals surface area contributed by atoms with Crippen molar-refractivity contribution in [3.63, 3.8) is 0 Å². The summed E-state index contributed by atoms with van der Waals surface area (Å²) >= 11 is 0. The summed E-state index contributed by atoms with van der Waals surface area (Å²) < 4.78 is 23.8. The van der Waals surface area contributed by atoms with Crippen LogP contribution in [0.15, 0.2) is 24.3 Å². The lowest BCUT2D eigenvalue weighted by molar-refractivity contribution is -0.136. The van der Waals surface area contributed by atoms with E-state index >= 15 is 0 Å². The largest absolute Gasteiger partial charge is 0.444 e. The number of carbonyl (C=O) groups excluding carboxylic acids is 2. The lowest BCUT2D eigenvalue weighted by atomic mass is 9.92. The third-order valence-corrected chi connectivity index (χ3v) is 3.65. The van der Waals surface area contributed by atoms with Crippen LogP contribution in [0, 0.1) is 17.1 Å². The van der Waals surface area contributed by atoms with Crippen LogP contribution in [-0.4, -0.2) is 48.2 Å². The molecular formula is C18H21FN2O4. The van der Waals surface area contributed by atoms with Crippen molar-refractivity contribution in [1.29, 1.82) is 5.26 Å². The molecule has 25 heavy (non-hydrogen) atoms. The van der Waals surface area contributed by atoms with Crippen molar-refractivity contribution in [3.05, 3.63) is 35.6 Å². The Hall–Kier alpha value is -2.46. The Morgan fingerprint density at radius 1 is 1.36 bits per heavy atom. The SMILES string of the molecule is CC(C)(C)OC(=O)N1CCOC(C(=O)C(C#N)c2ccc(F)cc2)C1. The molecule has 0 spiro atoms. The number of rotatable bonds is 3. The van der Waals surface area contributed by atoms with E-state index in [1.165, 1.54) is 29.2 Å². The van der Waals surface area contributed by atoms with Gasteiger partial charge in [-0.15, -0.1) is 0 Å². The van der Waals surface area contributed by atoms with Crippen molar-refractivity contribution in [2.45, 2.75) is 38.4 Å². The Labute approximate surface area is 146 Å². The highest BCUT2D eigenvalue weighted by Crippen LogP contribution is 2.22. The maximum atomic E-state index is 13.0. The number of benzene rings is 1. The minimum absolute atomic E-state index is 0.0210. The average molecular weight is 348 g/mol. The number of morpholine rings is 1. The van der Waals surface area contributed by atoms with E-state index in [0.717, 1.165) is 0 Å². The molecule has 1 aromatic rings. The van der Waals surface area contributed by atoms with Crippen LogP contribution >= 0.6 is 0 Å². The first kappa shape index (κ1) is 18.9. The number of amides is 1. The van der Waals surface area contributed by atoms with Crippen LogP contribution in [0.4, 0.5) is 9.18 Å². The van der Waals surface area contributed by atoms with Gasteiger partial charge in [-0.05, 0) is 38.5 Å². The number of hydrogen-bond acceptors (Lipinski definition) is 5. The fraction of sp³-hybridized carbons (Fsp3) is 0.500. The maximum absolute atomic E-state index is 13.0. The summed E-state index contributed by atoms with van der Waals surface area (Å²) in [4.78, 5) is 26.2. The lowest BCUT2D eigenvalue weighted by Crippen LogP contribution is -2.50. The van der Waals surface area contributed by atoms with Gasteiger partial charge in [0.2, 0.25) is 0 Å². The number of halogens is 1. The minimum Gasteiger partial charge on any atom is -0.444 e. The number of ether oxygens (including phenoxy) is 2. The first-order valence-electron chi connectivity index (χ1n) is 7.99. The molecule has 0 saturated carbocycles. The molecule has 0 aromatic heterocycles. The summed E-state index contributed by atoms with van der Waals surface area (Å²) in [5.74, 6) is -1.98. The number of carbonyl (C=O) groups is 2. The molecule has 2 rings (SSSR count). The predicted octanol–water partition coefficient (Wildman–Crippen LogP) is 2.64. The zero-order valence-corrected chi connectivity index (χ0v) is 14.5. The fourth-order valence-corrected chi connectivity index (χ4v) is 2.46. The number of Topliss-reactive ketones (excluding diaryl/α,β-unsaturated/α-hetero) is 1. The van der Waals surface area contributed by atoms with E-state index in [-0.39, 0.29) is 13.2 Å². The van der Waals surface area contributed by atoms with E-state index in [9.17, 15) is 19.2 Å². The highest BCUT2D eigenvalue weighted by atomic mass is 19.1. The monoisotopic (exact) mass is 348 g/mol. The molecule has 0 aliphatic carbocycles. The molecular weight excluding hydrogens is 327 g/mol. The second-order valence-electron chi connectivity index (χ2n) is 6.80. The van der Waals surface area contributed by atoms with Crippen LogP contribution in [0.2, 0.25) is 0 Å². The summed E-state index contributed by atoms with van der Waals surface area (Å²) in [7, 11) is 0. The zero-order chi connectivity index (χ0) is 18.6. The second-order valence-corrected chi connectivity index (χ2v) is 6.80. The zero-order valence-electron chi connectivity index (χ0n) is 14.5. The van der Waals surface area contributed by atoms with Crippen LogP contribution in [0.25, 0.3) is 0 Å². The number of nitrogens with zero attached hydrogens (tertiary/aromatic N) is 2. The Morgan fingerprint density at radius 2 is 2.00 bits per heavy atom. The molecule has 2 atom stereocenters. The third kappa shape index (κ3) is 5.00.